The summed E-state index contributed by atoms with van der Waals surface area (Å²) in [6, 6.07) is 15.5. The van der Waals surface area contributed by atoms with Gasteiger partial charge in [-0.15, -0.1) is 0 Å². The highest BCUT2D eigenvalue weighted by atomic mass is 16.6. The summed E-state index contributed by atoms with van der Waals surface area (Å²) in [4.78, 5) is 10.2. The molecule has 0 N–H and O–H groups in total. The molecule has 116 valence electrons. The zero-order chi connectivity index (χ0) is 16.7. The van der Waals surface area contributed by atoms with E-state index in [1.807, 2.05) is 31.2 Å². The maximum absolute atomic E-state index is 10.7. The van der Waals surface area contributed by atoms with Crippen molar-refractivity contribution in [2.75, 3.05) is 6.61 Å². The molecule has 0 atom stereocenters. The number of hydrogen-bond acceptors (Lipinski definition) is 4. The van der Waals surface area contributed by atoms with Crippen LogP contribution in [-0.4, -0.2) is 11.5 Å². The number of nitro benzene ring substituents is 1. The first-order valence-corrected chi connectivity index (χ1v) is 7.23. The first-order valence-electron chi connectivity index (χ1n) is 7.23. The van der Waals surface area contributed by atoms with Gasteiger partial charge < -0.3 is 4.74 Å². The lowest BCUT2D eigenvalue weighted by Gasteiger charge is -2.05. The highest BCUT2D eigenvalue weighted by Gasteiger charge is 2.07. The summed E-state index contributed by atoms with van der Waals surface area (Å²) in [5, 5.41) is 20.0. The largest absolute Gasteiger partial charge is 0.494 e. The predicted octanol–water partition coefficient (Wildman–Crippen LogP) is 4.45. The lowest BCUT2D eigenvalue weighted by molar-refractivity contribution is -0.384. The van der Waals surface area contributed by atoms with Crippen LogP contribution in [0.1, 0.15) is 24.5 Å². The standard InChI is InChI=1S/C18H16N2O3/c1-2-10-23-18-5-3-4-14(12-18)11-16(13-19)15-6-8-17(9-7-15)20(21)22/h3-9,11-12H,2,10H2,1H3. The molecule has 23 heavy (non-hydrogen) atoms. The molecule has 2 rings (SSSR count). The van der Waals surface area contributed by atoms with Crippen LogP contribution in [0.25, 0.3) is 11.6 Å². The maximum atomic E-state index is 10.7. The summed E-state index contributed by atoms with van der Waals surface area (Å²) < 4.78 is 5.57. The third kappa shape index (κ3) is 4.42. The summed E-state index contributed by atoms with van der Waals surface area (Å²) in [5.74, 6) is 0.751. The SMILES string of the molecule is CCCOc1cccc(C=C(C#N)c2ccc([N+](=O)[O-])cc2)c1. The van der Waals surface area contributed by atoms with E-state index in [4.69, 9.17) is 4.74 Å². The molecule has 0 radical (unpaired) electrons. The molecule has 0 aromatic heterocycles. The summed E-state index contributed by atoms with van der Waals surface area (Å²) in [6.45, 7) is 2.67. The molecule has 0 saturated carbocycles. The van der Waals surface area contributed by atoms with Crippen molar-refractivity contribution < 1.29 is 9.66 Å². The molecule has 2 aromatic rings. The smallest absolute Gasteiger partial charge is 0.269 e. The number of nitriles is 1. The van der Waals surface area contributed by atoms with Crippen molar-refractivity contribution in [2.24, 2.45) is 0 Å². The first-order chi connectivity index (χ1) is 11.1. The van der Waals surface area contributed by atoms with Crippen LogP contribution in [0.15, 0.2) is 48.5 Å². The van der Waals surface area contributed by atoms with Gasteiger partial charge >= 0.3 is 0 Å². The van der Waals surface area contributed by atoms with Gasteiger partial charge in [0.15, 0.2) is 0 Å². The van der Waals surface area contributed by atoms with Crippen molar-refractivity contribution in [3.8, 4) is 11.8 Å². The Hall–Kier alpha value is -3.13. The molecule has 5 heteroatoms. The van der Waals surface area contributed by atoms with Crippen LogP contribution in [-0.2, 0) is 0 Å². The number of hydrogen-bond donors (Lipinski definition) is 0. The van der Waals surface area contributed by atoms with E-state index >= 15 is 0 Å². The quantitative estimate of drug-likeness (QED) is 0.342. The van der Waals surface area contributed by atoms with E-state index in [0.717, 1.165) is 17.7 Å². The van der Waals surface area contributed by atoms with E-state index in [1.165, 1.54) is 12.1 Å². The average Bonchev–Trinajstić information content (AvgIpc) is 2.58. The van der Waals surface area contributed by atoms with Gasteiger partial charge in [0.05, 0.1) is 23.2 Å². The lowest BCUT2D eigenvalue weighted by Crippen LogP contribution is -1.94. The van der Waals surface area contributed by atoms with E-state index < -0.39 is 4.92 Å². The van der Waals surface area contributed by atoms with E-state index in [1.54, 1.807) is 18.2 Å². The fraction of sp³-hybridized carbons (Fsp3) is 0.167. The normalized spacial score (nSPS) is 10.9. The van der Waals surface area contributed by atoms with E-state index in [-0.39, 0.29) is 5.69 Å². The number of allylic oxidation sites excluding steroid dienone is 1. The minimum atomic E-state index is -0.464. The molecule has 5 nitrogen and oxygen atoms in total. The highest BCUT2D eigenvalue weighted by molar-refractivity contribution is 5.89. The van der Waals surface area contributed by atoms with Crippen LogP contribution in [0, 0.1) is 21.4 Å². The molecular formula is C18H16N2O3. The van der Waals surface area contributed by atoms with Crippen molar-refractivity contribution in [3.63, 3.8) is 0 Å². The Kier molecular flexibility index (Phi) is 5.48. The van der Waals surface area contributed by atoms with E-state index in [9.17, 15) is 15.4 Å². The molecular weight excluding hydrogens is 292 g/mol. The molecule has 0 amide bonds. The van der Waals surface area contributed by atoms with Crippen LogP contribution in [0.4, 0.5) is 5.69 Å². The molecule has 0 saturated heterocycles. The van der Waals surface area contributed by atoms with Gasteiger partial charge in [0.1, 0.15) is 5.75 Å². The fourth-order valence-electron chi connectivity index (χ4n) is 2.02. The van der Waals surface area contributed by atoms with Gasteiger partial charge in [0, 0.05) is 12.1 Å². The number of rotatable bonds is 6. The van der Waals surface area contributed by atoms with Gasteiger partial charge in [-0.25, -0.2) is 0 Å². The molecule has 0 aliphatic carbocycles. The zero-order valence-electron chi connectivity index (χ0n) is 12.7. The topological polar surface area (TPSA) is 76.2 Å². The summed E-state index contributed by atoms with van der Waals surface area (Å²) >= 11 is 0. The van der Waals surface area contributed by atoms with Crippen LogP contribution in [0.3, 0.4) is 0 Å². The van der Waals surface area contributed by atoms with Gasteiger partial charge in [-0.3, -0.25) is 10.1 Å². The molecule has 0 aliphatic rings. The van der Waals surface area contributed by atoms with Gasteiger partial charge in [-0.1, -0.05) is 19.1 Å². The van der Waals surface area contributed by atoms with Crippen LogP contribution in [0.5, 0.6) is 5.75 Å². The molecule has 0 bridgehead atoms. The second-order valence-corrected chi connectivity index (χ2v) is 4.89. The Bertz CT molecular complexity index is 759. The third-order valence-corrected chi connectivity index (χ3v) is 3.15. The zero-order valence-corrected chi connectivity index (χ0v) is 12.7. The monoisotopic (exact) mass is 308 g/mol. The van der Waals surface area contributed by atoms with E-state index in [0.29, 0.717) is 17.7 Å². The molecule has 0 aliphatic heterocycles. The third-order valence-electron chi connectivity index (χ3n) is 3.15. The van der Waals surface area contributed by atoms with Gasteiger partial charge in [-0.05, 0) is 47.9 Å². The molecule has 0 unspecified atom stereocenters. The van der Waals surface area contributed by atoms with Crippen molar-refractivity contribution in [1.29, 1.82) is 5.26 Å². The summed E-state index contributed by atoms with van der Waals surface area (Å²) in [7, 11) is 0. The molecule has 2 aromatic carbocycles. The summed E-state index contributed by atoms with van der Waals surface area (Å²) in [6.07, 6.45) is 2.66. The van der Waals surface area contributed by atoms with Gasteiger partial charge in [0.2, 0.25) is 0 Å². The minimum absolute atomic E-state index is 0.000928. The Morgan fingerprint density at radius 3 is 2.65 bits per heavy atom. The Morgan fingerprint density at radius 2 is 2.04 bits per heavy atom. The average molecular weight is 308 g/mol. The minimum Gasteiger partial charge on any atom is -0.494 e. The molecule has 0 spiro atoms. The second kappa shape index (κ2) is 7.76. The number of non-ortho nitro benzene ring substituents is 1. The Labute approximate surface area is 134 Å². The first kappa shape index (κ1) is 16.2. The van der Waals surface area contributed by atoms with Crippen LogP contribution >= 0.6 is 0 Å². The highest BCUT2D eigenvalue weighted by Crippen LogP contribution is 2.22. The molecule has 0 fully saturated rings. The fourth-order valence-corrected chi connectivity index (χ4v) is 2.02. The number of benzene rings is 2. The molecule has 0 heterocycles. The Balaban J connectivity index is 2.28. The van der Waals surface area contributed by atoms with Gasteiger partial charge in [0.25, 0.3) is 5.69 Å². The summed E-state index contributed by atoms with van der Waals surface area (Å²) in [5.41, 5.74) is 1.92. The Morgan fingerprint density at radius 1 is 1.30 bits per heavy atom. The number of ether oxygens (including phenoxy) is 1. The van der Waals surface area contributed by atoms with Crippen molar-refractivity contribution in [3.05, 3.63) is 69.8 Å². The predicted molar refractivity (Wildman–Crippen MR) is 88.8 cm³/mol. The second-order valence-electron chi connectivity index (χ2n) is 4.89. The van der Waals surface area contributed by atoms with Crippen LogP contribution in [0.2, 0.25) is 0 Å². The maximum Gasteiger partial charge on any atom is 0.269 e. The van der Waals surface area contributed by atoms with Gasteiger partial charge in [-0.2, -0.15) is 5.26 Å². The van der Waals surface area contributed by atoms with Crippen molar-refractivity contribution >= 4 is 17.3 Å². The van der Waals surface area contributed by atoms with Crippen molar-refractivity contribution in [2.45, 2.75) is 13.3 Å². The van der Waals surface area contributed by atoms with Crippen molar-refractivity contribution in [1.82, 2.24) is 0 Å². The lowest BCUT2D eigenvalue weighted by atomic mass is 10.0. The number of nitrogens with zero attached hydrogens (tertiary/aromatic N) is 2. The number of nitro groups is 1. The van der Waals surface area contributed by atoms with Crippen LogP contribution < -0.4 is 4.74 Å². The van der Waals surface area contributed by atoms with E-state index in [2.05, 4.69) is 6.07 Å².